The average Bonchev–Trinajstić information content (AvgIpc) is 2.87. The first-order valence-corrected chi connectivity index (χ1v) is 9.02. The molecule has 2 aromatic rings. The van der Waals surface area contributed by atoms with Crippen LogP contribution in [0, 0.1) is 25.5 Å². The van der Waals surface area contributed by atoms with E-state index in [0.717, 1.165) is 33.9 Å². The van der Waals surface area contributed by atoms with Crippen LogP contribution in [0.15, 0.2) is 36.4 Å². The summed E-state index contributed by atoms with van der Waals surface area (Å²) in [5.74, 6) is -1.82. The van der Waals surface area contributed by atoms with Crippen LogP contribution in [0.4, 0.5) is 13.6 Å². The van der Waals surface area contributed by atoms with E-state index in [0.29, 0.717) is 13.0 Å². The van der Waals surface area contributed by atoms with Gasteiger partial charge in [0.25, 0.3) is 5.91 Å². The third kappa shape index (κ3) is 3.69. The lowest BCUT2D eigenvalue weighted by molar-refractivity contribution is -0.131. The molecule has 1 atom stereocenters. The smallest absolute Gasteiger partial charge is 0.325 e. The fraction of sp³-hybridized carbons (Fsp3) is 0.333. The van der Waals surface area contributed by atoms with Gasteiger partial charge in [0.1, 0.15) is 11.3 Å². The van der Waals surface area contributed by atoms with Crippen molar-refractivity contribution in [3.8, 4) is 5.75 Å². The molecule has 1 aliphatic heterocycles. The maximum atomic E-state index is 13.6. The second kappa shape index (κ2) is 7.58. The highest BCUT2D eigenvalue weighted by Gasteiger charge is 2.48. The summed E-state index contributed by atoms with van der Waals surface area (Å²) in [6.07, 6.45) is 0.445. The minimum absolute atomic E-state index is 0.162. The molecule has 1 aliphatic rings. The zero-order valence-electron chi connectivity index (χ0n) is 16.0. The number of urea groups is 1. The summed E-state index contributed by atoms with van der Waals surface area (Å²) < 4.78 is 32.5. The van der Waals surface area contributed by atoms with Crippen molar-refractivity contribution < 1.29 is 23.1 Å². The summed E-state index contributed by atoms with van der Waals surface area (Å²) in [6, 6.07) is 8.50. The molecule has 3 amide bonds. The summed E-state index contributed by atoms with van der Waals surface area (Å²) in [7, 11) is 0. The van der Waals surface area contributed by atoms with Crippen molar-refractivity contribution in [3.05, 3.63) is 64.7 Å². The maximum absolute atomic E-state index is 13.6. The third-order valence-electron chi connectivity index (χ3n) is 4.90. The molecule has 0 aliphatic carbocycles. The van der Waals surface area contributed by atoms with Gasteiger partial charge in [0.2, 0.25) is 0 Å². The SMILES string of the molecule is Cc1ccc(C)c(OCCCN2C(=O)NC(C)(c3ccc(F)c(F)c3)C2=O)c1. The van der Waals surface area contributed by atoms with Gasteiger partial charge in [0.15, 0.2) is 11.6 Å². The number of ether oxygens (including phenoxy) is 1. The number of imide groups is 1. The van der Waals surface area contributed by atoms with Gasteiger partial charge in [-0.05, 0) is 62.1 Å². The predicted molar refractivity (Wildman–Crippen MR) is 100.0 cm³/mol. The van der Waals surface area contributed by atoms with Crippen LogP contribution in [0.1, 0.15) is 30.0 Å². The van der Waals surface area contributed by atoms with Gasteiger partial charge in [-0.2, -0.15) is 0 Å². The highest BCUT2D eigenvalue weighted by Crippen LogP contribution is 2.30. The molecular weight excluding hydrogens is 366 g/mol. The molecule has 0 bridgehead atoms. The number of rotatable bonds is 6. The highest BCUT2D eigenvalue weighted by molar-refractivity contribution is 6.07. The average molecular weight is 388 g/mol. The van der Waals surface area contributed by atoms with Crippen molar-refractivity contribution in [2.75, 3.05) is 13.2 Å². The first-order valence-electron chi connectivity index (χ1n) is 9.02. The molecule has 7 heteroatoms. The van der Waals surface area contributed by atoms with E-state index >= 15 is 0 Å². The van der Waals surface area contributed by atoms with E-state index in [1.54, 1.807) is 0 Å². The molecular formula is C21H22F2N2O3. The Balaban J connectivity index is 1.63. The lowest BCUT2D eigenvalue weighted by Crippen LogP contribution is -2.41. The lowest BCUT2D eigenvalue weighted by atomic mass is 9.92. The van der Waals surface area contributed by atoms with Crippen LogP contribution in [-0.4, -0.2) is 30.0 Å². The van der Waals surface area contributed by atoms with Crippen LogP contribution < -0.4 is 10.1 Å². The molecule has 1 heterocycles. The minimum Gasteiger partial charge on any atom is -0.493 e. The van der Waals surface area contributed by atoms with E-state index in [2.05, 4.69) is 5.32 Å². The summed E-state index contributed by atoms with van der Waals surface area (Å²) in [6.45, 7) is 5.89. The molecule has 0 spiro atoms. The van der Waals surface area contributed by atoms with Crippen molar-refractivity contribution in [2.24, 2.45) is 0 Å². The van der Waals surface area contributed by atoms with Crippen LogP contribution in [-0.2, 0) is 10.3 Å². The van der Waals surface area contributed by atoms with E-state index in [1.807, 2.05) is 32.0 Å². The van der Waals surface area contributed by atoms with Crippen LogP contribution in [0.25, 0.3) is 0 Å². The number of nitrogens with zero attached hydrogens (tertiary/aromatic N) is 1. The molecule has 0 aromatic heterocycles. The van der Waals surface area contributed by atoms with Crippen molar-refractivity contribution in [2.45, 2.75) is 32.7 Å². The Morgan fingerprint density at radius 1 is 1.07 bits per heavy atom. The zero-order valence-corrected chi connectivity index (χ0v) is 16.0. The van der Waals surface area contributed by atoms with E-state index in [-0.39, 0.29) is 12.1 Å². The van der Waals surface area contributed by atoms with Crippen LogP contribution in [0.5, 0.6) is 5.75 Å². The van der Waals surface area contributed by atoms with Gasteiger partial charge >= 0.3 is 6.03 Å². The number of hydrogen-bond acceptors (Lipinski definition) is 3. The second-order valence-electron chi connectivity index (χ2n) is 7.11. The molecule has 148 valence electrons. The minimum atomic E-state index is -1.43. The number of hydrogen-bond donors (Lipinski definition) is 1. The molecule has 5 nitrogen and oxygen atoms in total. The van der Waals surface area contributed by atoms with Gasteiger partial charge in [-0.1, -0.05) is 18.2 Å². The molecule has 1 unspecified atom stereocenters. The quantitative estimate of drug-likeness (QED) is 0.605. The predicted octanol–water partition coefficient (Wildman–Crippen LogP) is 3.82. The standard InChI is InChI=1S/C21H22F2N2O3/c1-13-5-6-14(2)18(11-13)28-10-4-9-25-19(26)21(3,24-20(25)27)15-7-8-16(22)17(23)12-15/h5-8,11-12H,4,9-10H2,1-3H3,(H,24,27). The molecule has 0 saturated carbocycles. The molecule has 2 aromatic carbocycles. The first-order chi connectivity index (χ1) is 13.2. The number of benzene rings is 2. The third-order valence-corrected chi connectivity index (χ3v) is 4.90. The summed E-state index contributed by atoms with van der Waals surface area (Å²) in [4.78, 5) is 26.1. The summed E-state index contributed by atoms with van der Waals surface area (Å²) >= 11 is 0. The Morgan fingerprint density at radius 3 is 2.54 bits per heavy atom. The number of halogens is 2. The van der Waals surface area contributed by atoms with Gasteiger partial charge in [-0.25, -0.2) is 13.6 Å². The van der Waals surface area contributed by atoms with Crippen molar-refractivity contribution >= 4 is 11.9 Å². The van der Waals surface area contributed by atoms with Gasteiger partial charge in [0.05, 0.1) is 6.61 Å². The topological polar surface area (TPSA) is 58.6 Å². The summed E-state index contributed by atoms with van der Waals surface area (Å²) in [5.41, 5.74) is 0.849. The van der Waals surface area contributed by atoms with E-state index < -0.39 is 29.1 Å². The van der Waals surface area contributed by atoms with Crippen LogP contribution >= 0.6 is 0 Å². The van der Waals surface area contributed by atoms with E-state index in [1.165, 1.54) is 13.0 Å². The van der Waals surface area contributed by atoms with Gasteiger partial charge < -0.3 is 10.1 Å². The Bertz CT molecular complexity index is 932. The van der Waals surface area contributed by atoms with Crippen LogP contribution in [0.2, 0.25) is 0 Å². The second-order valence-corrected chi connectivity index (χ2v) is 7.11. The number of nitrogens with one attached hydrogen (secondary N) is 1. The van der Waals surface area contributed by atoms with Crippen molar-refractivity contribution in [1.82, 2.24) is 10.2 Å². The Morgan fingerprint density at radius 2 is 1.82 bits per heavy atom. The molecule has 28 heavy (non-hydrogen) atoms. The van der Waals surface area contributed by atoms with Gasteiger partial charge in [-0.3, -0.25) is 9.69 Å². The fourth-order valence-corrected chi connectivity index (χ4v) is 3.17. The molecule has 3 rings (SSSR count). The van der Waals surface area contributed by atoms with E-state index in [9.17, 15) is 18.4 Å². The lowest BCUT2D eigenvalue weighted by Gasteiger charge is -2.22. The molecule has 1 saturated heterocycles. The van der Waals surface area contributed by atoms with Gasteiger partial charge in [-0.15, -0.1) is 0 Å². The fourth-order valence-electron chi connectivity index (χ4n) is 3.17. The number of carbonyl (C=O) groups is 2. The number of amides is 3. The van der Waals surface area contributed by atoms with Gasteiger partial charge in [0, 0.05) is 6.54 Å². The Kier molecular flexibility index (Phi) is 5.36. The first kappa shape index (κ1) is 19.8. The highest BCUT2D eigenvalue weighted by atomic mass is 19.2. The number of carbonyl (C=O) groups excluding carboxylic acids is 2. The molecule has 0 radical (unpaired) electrons. The summed E-state index contributed by atoms with van der Waals surface area (Å²) in [5, 5.41) is 2.58. The zero-order chi connectivity index (χ0) is 20.5. The largest absolute Gasteiger partial charge is 0.493 e. The molecule has 1 N–H and O–H groups in total. The normalized spacial score (nSPS) is 19.1. The van der Waals surface area contributed by atoms with Crippen LogP contribution in [0.3, 0.4) is 0 Å². The maximum Gasteiger partial charge on any atom is 0.325 e. The Labute approximate surface area is 162 Å². The van der Waals surface area contributed by atoms with Crippen molar-refractivity contribution in [3.63, 3.8) is 0 Å². The van der Waals surface area contributed by atoms with E-state index in [4.69, 9.17) is 4.74 Å². The van der Waals surface area contributed by atoms with Crippen molar-refractivity contribution in [1.29, 1.82) is 0 Å². The monoisotopic (exact) mass is 388 g/mol. The number of aryl methyl sites for hydroxylation is 2. The Hall–Kier alpha value is -2.96. The molecule has 1 fully saturated rings.